The van der Waals surface area contributed by atoms with Crippen molar-refractivity contribution in [3.05, 3.63) is 47.0 Å². The number of rotatable bonds is 6. The number of benzene rings is 2. The lowest BCUT2D eigenvalue weighted by Gasteiger charge is -2.11. The summed E-state index contributed by atoms with van der Waals surface area (Å²) < 4.78 is 10.3. The summed E-state index contributed by atoms with van der Waals surface area (Å²) >= 11 is 5.88. The normalized spacial score (nSPS) is 10.1. The highest BCUT2D eigenvalue weighted by molar-refractivity contribution is 6.30. The number of amides is 2. The van der Waals surface area contributed by atoms with E-state index in [9.17, 15) is 9.59 Å². The van der Waals surface area contributed by atoms with Crippen LogP contribution in [0, 0.1) is 6.92 Å². The van der Waals surface area contributed by atoms with Gasteiger partial charge in [-0.25, -0.2) is 0 Å². The topological polar surface area (TPSA) is 76.7 Å². The summed E-state index contributed by atoms with van der Waals surface area (Å²) in [6.45, 7) is 1.82. The molecule has 0 unspecified atom stereocenters. The Morgan fingerprint density at radius 3 is 2.28 bits per heavy atom. The summed E-state index contributed by atoms with van der Waals surface area (Å²) in [7, 11) is 3.03. The van der Waals surface area contributed by atoms with Gasteiger partial charge in [0.1, 0.15) is 6.42 Å². The molecule has 0 aliphatic carbocycles. The Morgan fingerprint density at radius 1 is 0.960 bits per heavy atom. The molecule has 25 heavy (non-hydrogen) atoms. The van der Waals surface area contributed by atoms with E-state index in [4.69, 9.17) is 21.1 Å². The molecule has 132 valence electrons. The van der Waals surface area contributed by atoms with Crippen molar-refractivity contribution >= 4 is 34.8 Å². The predicted octanol–water partition coefficient (Wildman–Crippen LogP) is 3.63. The molecule has 0 bridgehead atoms. The molecule has 0 radical (unpaired) electrons. The number of methoxy groups -OCH3 is 2. The summed E-state index contributed by atoms with van der Waals surface area (Å²) in [5.74, 6) is 0.192. The summed E-state index contributed by atoms with van der Waals surface area (Å²) in [5, 5.41) is 5.93. The van der Waals surface area contributed by atoms with Gasteiger partial charge in [0.2, 0.25) is 11.8 Å². The van der Waals surface area contributed by atoms with Gasteiger partial charge < -0.3 is 20.1 Å². The van der Waals surface area contributed by atoms with Crippen molar-refractivity contribution in [1.29, 1.82) is 0 Å². The van der Waals surface area contributed by atoms with Gasteiger partial charge in [-0.15, -0.1) is 0 Å². The Morgan fingerprint density at radius 2 is 1.64 bits per heavy atom. The monoisotopic (exact) mass is 362 g/mol. The van der Waals surface area contributed by atoms with E-state index >= 15 is 0 Å². The number of hydrogen-bond donors (Lipinski definition) is 2. The molecular formula is C18H19ClN2O4. The van der Waals surface area contributed by atoms with Crippen molar-refractivity contribution in [2.24, 2.45) is 0 Å². The number of carbonyl (C=O) groups excluding carboxylic acids is 2. The van der Waals surface area contributed by atoms with Crippen molar-refractivity contribution in [1.82, 2.24) is 0 Å². The van der Waals surface area contributed by atoms with Crippen molar-refractivity contribution in [2.75, 3.05) is 24.9 Å². The van der Waals surface area contributed by atoms with Crippen LogP contribution in [0.2, 0.25) is 5.02 Å². The number of ether oxygens (including phenoxy) is 2. The second-order valence-corrected chi connectivity index (χ2v) is 5.74. The molecule has 0 saturated heterocycles. The largest absolute Gasteiger partial charge is 0.493 e. The highest BCUT2D eigenvalue weighted by Crippen LogP contribution is 2.29. The van der Waals surface area contributed by atoms with Gasteiger partial charge >= 0.3 is 0 Å². The third-order valence-electron chi connectivity index (χ3n) is 3.45. The van der Waals surface area contributed by atoms with Gasteiger partial charge in [0.05, 0.1) is 14.2 Å². The second kappa shape index (κ2) is 8.39. The Labute approximate surface area is 151 Å². The lowest BCUT2D eigenvalue weighted by Crippen LogP contribution is -2.21. The van der Waals surface area contributed by atoms with Gasteiger partial charge in [-0.05, 0) is 42.8 Å². The third-order valence-corrected chi connectivity index (χ3v) is 3.69. The molecule has 0 heterocycles. The average Bonchev–Trinajstić information content (AvgIpc) is 2.57. The first kappa shape index (κ1) is 18.6. The number of hydrogen-bond acceptors (Lipinski definition) is 4. The maximum absolute atomic E-state index is 12.0. The summed E-state index contributed by atoms with van der Waals surface area (Å²) in [5.41, 5.74) is 1.95. The van der Waals surface area contributed by atoms with Crippen LogP contribution < -0.4 is 20.1 Å². The zero-order valence-electron chi connectivity index (χ0n) is 14.2. The molecule has 7 heteroatoms. The van der Waals surface area contributed by atoms with Crippen molar-refractivity contribution in [3.8, 4) is 11.5 Å². The average molecular weight is 363 g/mol. The zero-order chi connectivity index (χ0) is 18.4. The van der Waals surface area contributed by atoms with E-state index in [2.05, 4.69) is 10.6 Å². The van der Waals surface area contributed by atoms with E-state index < -0.39 is 11.8 Å². The van der Waals surface area contributed by atoms with Gasteiger partial charge in [0.25, 0.3) is 0 Å². The zero-order valence-corrected chi connectivity index (χ0v) is 14.9. The van der Waals surface area contributed by atoms with Crippen LogP contribution in [0.15, 0.2) is 36.4 Å². The highest BCUT2D eigenvalue weighted by Gasteiger charge is 2.12. The Bertz CT molecular complexity index is 793. The maximum Gasteiger partial charge on any atom is 0.233 e. The fourth-order valence-corrected chi connectivity index (χ4v) is 2.45. The fourth-order valence-electron chi connectivity index (χ4n) is 2.23. The molecule has 0 aliphatic heterocycles. The van der Waals surface area contributed by atoms with Gasteiger partial charge in [-0.3, -0.25) is 9.59 Å². The van der Waals surface area contributed by atoms with Crippen molar-refractivity contribution in [2.45, 2.75) is 13.3 Å². The smallest absolute Gasteiger partial charge is 0.233 e. The molecule has 2 amide bonds. The van der Waals surface area contributed by atoms with E-state index in [1.54, 1.807) is 36.4 Å². The van der Waals surface area contributed by atoms with Gasteiger partial charge in [-0.2, -0.15) is 0 Å². The lowest BCUT2D eigenvalue weighted by molar-refractivity contribution is -0.123. The SMILES string of the molecule is COc1ccc(NC(=O)CC(=O)Nc2ccc(Cl)cc2C)cc1OC. The second-order valence-electron chi connectivity index (χ2n) is 5.30. The van der Waals surface area contributed by atoms with Crippen LogP contribution in [-0.2, 0) is 9.59 Å². The van der Waals surface area contributed by atoms with Gasteiger partial charge in [0.15, 0.2) is 11.5 Å². The molecule has 0 saturated carbocycles. The standard InChI is InChI=1S/C18H19ClN2O4/c1-11-8-12(19)4-6-14(11)21-18(23)10-17(22)20-13-5-7-15(24-2)16(9-13)25-3/h4-9H,10H2,1-3H3,(H,20,22)(H,21,23). The summed E-state index contributed by atoms with van der Waals surface area (Å²) in [6, 6.07) is 10.1. The fraction of sp³-hybridized carbons (Fsp3) is 0.222. The van der Waals surface area contributed by atoms with Crippen LogP contribution in [0.4, 0.5) is 11.4 Å². The van der Waals surface area contributed by atoms with Crippen molar-refractivity contribution in [3.63, 3.8) is 0 Å². The van der Waals surface area contributed by atoms with E-state index in [-0.39, 0.29) is 6.42 Å². The third kappa shape index (κ3) is 5.12. The van der Waals surface area contributed by atoms with E-state index in [0.717, 1.165) is 5.56 Å². The molecule has 2 N–H and O–H groups in total. The molecule has 6 nitrogen and oxygen atoms in total. The maximum atomic E-state index is 12.0. The van der Waals surface area contributed by atoms with Crippen molar-refractivity contribution < 1.29 is 19.1 Å². The van der Waals surface area contributed by atoms with Crippen LogP contribution in [0.5, 0.6) is 11.5 Å². The first-order valence-corrected chi connectivity index (χ1v) is 7.88. The Kier molecular flexibility index (Phi) is 6.25. The lowest BCUT2D eigenvalue weighted by atomic mass is 10.2. The molecular weight excluding hydrogens is 344 g/mol. The van der Waals surface area contributed by atoms with E-state index in [1.807, 2.05) is 6.92 Å². The number of aryl methyl sites for hydroxylation is 1. The summed E-state index contributed by atoms with van der Waals surface area (Å²) in [6.07, 6.45) is -0.309. The highest BCUT2D eigenvalue weighted by atomic mass is 35.5. The first-order chi connectivity index (χ1) is 11.9. The molecule has 0 spiro atoms. The Balaban J connectivity index is 1.96. The molecule has 0 fully saturated rings. The Hall–Kier alpha value is -2.73. The van der Waals surface area contributed by atoms with Gasteiger partial charge in [0, 0.05) is 22.5 Å². The van der Waals surface area contributed by atoms with E-state index in [1.165, 1.54) is 14.2 Å². The van der Waals surface area contributed by atoms with Crippen LogP contribution in [-0.4, -0.2) is 26.0 Å². The predicted molar refractivity (Wildman–Crippen MR) is 97.6 cm³/mol. The van der Waals surface area contributed by atoms with Crippen LogP contribution in [0.25, 0.3) is 0 Å². The quantitative estimate of drug-likeness (QED) is 0.769. The molecule has 0 atom stereocenters. The molecule has 2 aromatic carbocycles. The van der Waals surface area contributed by atoms with Crippen LogP contribution in [0.1, 0.15) is 12.0 Å². The molecule has 2 aromatic rings. The van der Waals surface area contributed by atoms with E-state index in [0.29, 0.717) is 27.9 Å². The molecule has 0 aliphatic rings. The first-order valence-electron chi connectivity index (χ1n) is 7.51. The summed E-state index contributed by atoms with van der Waals surface area (Å²) in [4.78, 5) is 24.1. The number of halogens is 1. The van der Waals surface area contributed by atoms with Crippen LogP contribution >= 0.6 is 11.6 Å². The van der Waals surface area contributed by atoms with Gasteiger partial charge in [-0.1, -0.05) is 11.6 Å². The molecule has 0 aromatic heterocycles. The minimum Gasteiger partial charge on any atom is -0.493 e. The number of carbonyl (C=O) groups is 2. The molecule has 2 rings (SSSR count). The minimum absolute atomic E-state index is 0.309. The minimum atomic E-state index is -0.434. The number of nitrogens with one attached hydrogen (secondary N) is 2. The number of anilines is 2. The van der Waals surface area contributed by atoms with Crippen LogP contribution in [0.3, 0.4) is 0 Å².